The Bertz CT molecular complexity index is 691. The van der Waals surface area contributed by atoms with Crippen LogP contribution in [0.25, 0.3) is 10.9 Å². The second kappa shape index (κ2) is 4.90. The van der Waals surface area contributed by atoms with E-state index in [0.29, 0.717) is 6.42 Å². The molecule has 2 heterocycles. The molecular weight excluding hydrogens is 260 g/mol. The number of nitrogens with zero attached hydrogens (tertiary/aromatic N) is 2. The van der Waals surface area contributed by atoms with Crippen LogP contribution in [0.15, 0.2) is 24.4 Å². The number of hydrogen-bond acceptors (Lipinski definition) is 1. The predicted molar refractivity (Wildman–Crippen MR) is 86.1 cm³/mol. The van der Waals surface area contributed by atoms with E-state index in [1.165, 1.54) is 22.0 Å². The van der Waals surface area contributed by atoms with Crippen LogP contribution in [0.2, 0.25) is 0 Å². The number of benzene rings is 1. The minimum absolute atomic E-state index is 0.0457. The molecule has 1 aromatic heterocycles. The Labute approximate surface area is 126 Å². The summed E-state index contributed by atoms with van der Waals surface area (Å²) in [5.74, 6) is 0.272. The summed E-state index contributed by atoms with van der Waals surface area (Å²) in [7, 11) is 2.10. The fourth-order valence-corrected chi connectivity index (χ4v) is 3.26. The van der Waals surface area contributed by atoms with Crippen LogP contribution in [0.5, 0.6) is 0 Å². The second-order valence-corrected chi connectivity index (χ2v) is 7.38. The van der Waals surface area contributed by atoms with Gasteiger partial charge in [0, 0.05) is 43.7 Å². The van der Waals surface area contributed by atoms with E-state index in [1.54, 1.807) is 0 Å². The van der Waals surface area contributed by atoms with E-state index in [0.717, 1.165) is 19.5 Å². The molecule has 3 nitrogen and oxygen atoms in total. The molecule has 3 heteroatoms. The third-order valence-electron chi connectivity index (χ3n) is 4.23. The molecule has 1 aliphatic rings. The van der Waals surface area contributed by atoms with Gasteiger partial charge >= 0.3 is 0 Å². The number of rotatable bonds is 1. The number of carbonyl (C=O) groups excluding carboxylic acids is 1. The van der Waals surface area contributed by atoms with Crippen molar-refractivity contribution in [2.75, 3.05) is 6.54 Å². The molecule has 0 unspecified atom stereocenters. The van der Waals surface area contributed by atoms with Crippen molar-refractivity contribution in [1.29, 1.82) is 0 Å². The van der Waals surface area contributed by atoms with Gasteiger partial charge in [-0.2, -0.15) is 0 Å². The van der Waals surface area contributed by atoms with Gasteiger partial charge in [0.15, 0.2) is 0 Å². The Morgan fingerprint density at radius 3 is 2.71 bits per heavy atom. The van der Waals surface area contributed by atoms with E-state index in [4.69, 9.17) is 0 Å². The van der Waals surface area contributed by atoms with Gasteiger partial charge in [0.05, 0.1) is 0 Å². The lowest BCUT2D eigenvalue weighted by Crippen LogP contribution is -2.34. The molecule has 1 amide bonds. The Kier molecular flexibility index (Phi) is 3.31. The largest absolute Gasteiger partial charge is 0.350 e. The molecule has 1 aromatic carbocycles. The maximum atomic E-state index is 12.5. The van der Waals surface area contributed by atoms with E-state index >= 15 is 0 Å². The third kappa shape index (κ3) is 2.69. The highest BCUT2D eigenvalue weighted by Gasteiger charge is 2.24. The molecule has 21 heavy (non-hydrogen) atoms. The first-order chi connectivity index (χ1) is 9.85. The van der Waals surface area contributed by atoms with Crippen LogP contribution in [-0.4, -0.2) is 21.9 Å². The lowest BCUT2D eigenvalue weighted by molar-refractivity contribution is -0.133. The summed E-state index contributed by atoms with van der Waals surface area (Å²) in [5, 5.41) is 1.35. The lowest BCUT2D eigenvalue weighted by atomic mass is 9.91. The number of amides is 1. The highest BCUT2D eigenvalue weighted by molar-refractivity contribution is 5.88. The summed E-state index contributed by atoms with van der Waals surface area (Å²) in [6, 6.07) is 6.42. The highest BCUT2D eigenvalue weighted by Crippen LogP contribution is 2.30. The van der Waals surface area contributed by atoms with Crippen molar-refractivity contribution < 1.29 is 4.79 Å². The summed E-state index contributed by atoms with van der Waals surface area (Å²) in [4.78, 5) is 14.6. The molecule has 0 saturated heterocycles. The maximum absolute atomic E-state index is 12.5. The molecule has 0 fully saturated rings. The predicted octanol–water partition coefficient (Wildman–Crippen LogP) is 3.50. The zero-order valence-electron chi connectivity index (χ0n) is 13.4. The van der Waals surface area contributed by atoms with Crippen LogP contribution < -0.4 is 0 Å². The van der Waals surface area contributed by atoms with E-state index < -0.39 is 0 Å². The van der Waals surface area contributed by atoms with Crippen LogP contribution in [0.1, 0.15) is 38.3 Å². The zero-order chi connectivity index (χ0) is 15.2. The monoisotopic (exact) mass is 284 g/mol. The van der Waals surface area contributed by atoms with Gasteiger partial charge in [-0.15, -0.1) is 0 Å². The van der Waals surface area contributed by atoms with Gasteiger partial charge in [0.2, 0.25) is 5.91 Å². The van der Waals surface area contributed by atoms with Crippen molar-refractivity contribution in [1.82, 2.24) is 9.47 Å². The molecule has 0 radical (unpaired) electrons. The molecule has 0 saturated carbocycles. The van der Waals surface area contributed by atoms with E-state index in [9.17, 15) is 4.79 Å². The second-order valence-electron chi connectivity index (χ2n) is 7.38. The fourth-order valence-electron chi connectivity index (χ4n) is 3.26. The standard InChI is InChI=1S/C18H24N2O/c1-18(2,3)10-16(21)20-9-8-14-11-19(4)15-7-5-6-13(12-20)17(14)15/h5-7,11H,8-10,12H2,1-4H3. The summed E-state index contributed by atoms with van der Waals surface area (Å²) < 4.78 is 2.20. The number of carbonyl (C=O) groups is 1. The van der Waals surface area contributed by atoms with Gasteiger partial charge in [-0.1, -0.05) is 32.9 Å². The van der Waals surface area contributed by atoms with Crippen molar-refractivity contribution in [3.63, 3.8) is 0 Å². The average Bonchev–Trinajstić information content (AvgIpc) is 2.59. The molecular formula is C18H24N2O. The van der Waals surface area contributed by atoms with E-state index in [-0.39, 0.29) is 11.3 Å². The van der Waals surface area contributed by atoms with Crippen LogP contribution >= 0.6 is 0 Å². The summed E-state index contributed by atoms with van der Waals surface area (Å²) in [6.45, 7) is 7.93. The molecule has 0 atom stereocenters. The Balaban J connectivity index is 1.93. The fraction of sp³-hybridized carbons (Fsp3) is 0.500. The summed E-state index contributed by atoms with van der Waals surface area (Å²) >= 11 is 0. The quantitative estimate of drug-likeness (QED) is 0.787. The van der Waals surface area contributed by atoms with Gasteiger partial charge in [-0.05, 0) is 29.0 Å². The molecule has 0 N–H and O–H groups in total. The molecule has 0 bridgehead atoms. The SMILES string of the molecule is Cn1cc2c3c(cccc31)CN(C(=O)CC(C)(C)C)CC2. The maximum Gasteiger partial charge on any atom is 0.223 e. The van der Waals surface area contributed by atoms with Crippen LogP contribution in [-0.2, 0) is 24.8 Å². The Morgan fingerprint density at radius 1 is 1.24 bits per heavy atom. The average molecular weight is 284 g/mol. The highest BCUT2D eigenvalue weighted by atomic mass is 16.2. The van der Waals surface area contributed by atoms with Crippen molar-refractivity contribution >= 4 is 16.8 Å². The van der Waals surface area contributed by atoms with Gasteiger partial charge in [0.25, 0.3) is 0 Å². The smallest absolute Gasteiger partial charge is 0.223 e. The van der Waals surface area contributed by atoms with Gasteiger partial charge in [-0.25, -0.2) is 0 Å². The first-order valence-electron chi connectivity index (χ1n) is 7.69. The van der Waals surface area contributed by atoms with Crippen molar-refractivity contribution in [3.05, 3.63) is 35.5 Å². The minimum atomic E-state index is 0.0457. The molecule has 1 aliphatic heterocycles. The number of aromatic nitrogens is 1. The summed E-state index contributed by atoms with van der Waals surface area (Å²) in [5.41, 5.74) is 3.97. The summed E-state index contributed by atoms with van der Waals surface area (Å²) in [6.07, 6.45) is 3.77. The number of aryl methyl sites for hydroxylation is 1. The van der Waals surface area contributed by atoms with Crippen molar-refractivity contribution in [2.24, 2.45) is 12.5 Å². The normalized spacial score (nSPS) is 15.3. The minimum Gasteiger partial charge on any atom is -0.350 e. The molecule has 112 valence electrons. The van der Waals surface area contributed by atoms with Crippen molar-refractivity contribution in [2.45, 2.75) is 40.2 Å². The lowest BCUT2D eigenvalue weighted by Gasteiger charge is -2.26. The van der Waals surface area contributed by atoms with Gasteiger partial charge < -0.3 is 9.47 Å². The zero-order valence-corrected chi connectivity index (χ0v) is 13.4. The first kappa shape index (κ1) is 14.2. The molecule has 3 rings (SSSR count). The number of hydrogen-bond donors (Lipinski definition) is 0. The Hall–Kier alpha value is -1.77. The van der Waals surface area contributed by atoms with Crippen LogP contribution in [0.4, 0.5) is 0 Å². The molecule has 2 aromatic rings. The molecule has 0 aliphatic carbocycles. The topological polar surface area (TPSA) is 25.2 Å². The van der Waals surface area contributed by atoms with E-state index in [1.807, 2.05) is 4.90 Å². The van der Waals surface area contributed by atoms with Crippen LogP contribution in [0, 0.1) is 5.41 Å². The Morgan fingerprint density at radius 2 is 2.00 bits per heavy atom. The first-order valence-corrected chi connectivity index (χ1v) is 7.69. The van der Waals surface area contributed by atoms with Gasteiger partial charge in [-0.3, -0.25) is 4.79 Å². The van der Waals surface area contributed by atoms with Gasteiger partial charge in [0.1, 0.15) is 0 Å². The van der Waals surface area contributed by atoms with Crippen molar-refractivity contribution in [3.8, 4) is 0 Å². The van der Waals surface area contributed by atoms with Crippen LogP contribution in [0.3, 0.4) is 0 Å². The molecule has 0 spiro atoms. The van der Waals surface area contributed by atoms with E-state index in [2.05, 4.69) is 56.8 Å². The third-order valence-corrected chi connectivity index (χ3v) is 4.23.